The molecule has 2 amide bonds. The zero-order valence-electron chi connectivity index (χ0n) is 20.9. The summed E-state index contributed by atoms with van der Waals surface area (Å²) in [6, 6.07) is 16.9. The van der Waals surface area contributed by atoms with Gasteiger partial charge in [0.2, 0.25) is 0 Å². The molecule has 0 radical (unpaired) electrons. The number of benzene rings is 2. The molecule has 2 aromatic heterocycles. The SMILES string of the molecule is CC(C)(NC(=O)c1cc2c(NC(=O)c3ccc(CN4CCCCC4)cc3)n[nH]c2s1)c1ccccc1Cl. The number of thiophene rings is 1. The predicted molar refractivity (Wildman–Crippen MR) is 149 cm³/mol. The lowest BCUT2D eigenvalue weighted by Crippen LogP contribution is -2.40. The summed E-state index contributed by atoms with van der Waals surface area (Å²) in [6.45, 7) is 7.01. The highest BCUT2D eigenvalue weighted by atomic mass is 35.5. The summed E-state index contributed by atoms with van der Waals surface area (Å²) in [5.41, 5.74) is 1.94. The molecule has 0 aliphatic carbocycles. The minimum Gasteiger partial charge on any atom is -0.342 e. The van der Waals surface area contributed by atoms with Crippen LogP contribution in [0.1, 0.15) is 64.3 Å². The van der Waals surface area contributed by atoms with Gasteiger partial charge in [0.25, 0.3) is 11.8 Å². The Morgan fingerprint density at radius 1 is 1.05 bits per heavy atom. The molecule has 1 aliphatic rings. The van der Waals surface area contributed by atoms with Crippen LogP contribution < -0.4 is 10.6 Å². The fourth-order valence-electron chi connectivity index (χ4n) is 4.72. The standard InChI is InChI=1S/C28H30ClN5O2S/c1-28(2,21-8-4-5-9-22(21)29)31-26(36)23-16-20-24(32-33-27(20)37-23)30-25(35)19-12-10-18(11-13-19)17-34-14-6-3-7-15-34/h4-5,8-13,16H,3,6-7,14-15,17H2,1-2H3,(H,31,36)(H2,30,32,33,35). The summed E-state index contributed by atoms with van der Waals surface area (Å²) in [5.74, 6) is -0.0610. The number of rotatable bonds is 7. The maximum absolute atomic E-state index is 13.1. The number of anilines is 1. The highest BCUT2D eigenvalue weighted by molar-refractivity contribution is 7.20. The third-order valence-electron chi connectivity index (χ3n) is 6.76. The van der Waals surface area contributed by atoms with E-state index in [-0.39, 0.29) is 11.8 Å². The fraction of sp³-hybridized carbons (Fsp3) is 0.321. The maximum Gasteiger partial charge on any atom is 0.262 e. The Morgan fingerprint density at radius 2 is 1.78 bits per heavy atom. The van der Waals surface area contributed by atoms with Crippen molar-refractivity contribution in [1.82, 2.24) is 20.4 Å². The van der Waals surface area contributed by atoms with Crippen LogP contribution in [-0.4, -0.2) is 40.0 Å². The summed E-state index contributed by atoms with van der Waals surface area (Å²) in [4.78, 5) is 29.7. The number of piperidine rings is 1. The monoisotopic (exact) mass is 535 g/mol. The van der Waals surface area contributed by atoms with Crippen molar-refractivity contribution in [1.29, 1.82) is 0 Å². The van der Waals surface area contributed by atoms with Gasteiger partial charge in [-0.3, -0.25) is 19.6 Å². The number of carbonyl (C=O) groups is 2. The van der Waals surface area contributed by atoms with E-state index in [1.807, 2.05) is 62.4 Å². The molecule has 7 nitrogen and oxygen atoms in total. The van der Waals surface area contributed by atoms with Crippen molar-refractivity contribution in [3.8, 4) is 0 Å². The second kappa shape index (κ2) is 10.7. The molecule has 4 aromatic rings. The van der Waals surface area contributed by atoms with Gasteiger partial charge in [0.1, 0.15) is 4.83 Å². The van der Waals surface area contributed by atoms with Crippen LogP contribution in [0.15, 0.2) is 54.6 Å². The number of halogens is 1. The van der Waals surface area contributed by atoms with Crippen LogP contribution in [0.5, 0.6) is 0 Å². The van der Waals surface area contributed by atoms with Gasteiger partial charge in [-0.25, -0.2) is 0 Å². The number of aromatic amines is 1. The van der Waals surface area contributed by atoms with Gasteiger partial charge in [-0.15, -0.1) is 11.3 Å². The van der Waals surface area contributed by atoms with Gasteiger partial charge >= 0.3 is 0 Å². The van der Waals surface area contributed by atoms with Crippen LogP contribution in [-0.2, 0) is 12.1 Å². The molecular formula is C28H30ClN5O2S. The topological polar surface area (TPSA) is 90.1 Å². The fourth-order valence-corrected chi connectivity index (χ4v) is 5.99. The molecule has 0 saturated carbocycles. The molecule has 1 saturated heterocycles. The van der Waals surface area contributed by atoms with E-state index in [2.05, 4.69) is 25.7 Å². The molecule has 0 atom stereocenters. The van der Waals surface area contributed by atoms with E-state index in [1.165, 1.54) is 36.2 Å². The van der Waals surface area contributed by atoms with Crippen molar-refractivity contribution in [3.63, 3.8) is 0 Å². The number of hydrogen-bond acceptors (Lipinski definition) is 5. The van der Waals surface area contributed by atoms with Gasteiger partial charge in [0.15, 0.2) is 5.82 Å². The van der Waals surface area contributed by atoms with E-state index in [9.17, 15) is 9.59 Å². The number of hydrogen-bond donors (Lipinski definition) is 3. The van der Waals surface area contributed by atoms with Crippen molar-refractivity contribution in [3.05, 3.63) is 81.2 Å². The molecule has 5 rings (SSSR count). The average Bonchev–Trinajstić information content (AvgIpc) is 3.47. The Hall–Kier alpha value is -3.20. The number of aromatic nitrogens is 2. The van der Waals surface area contributed by atoms with Gasteiger partial charge in [-0.2, -0.15) is 5.10 Å². The van der Waals surface area contributed by atoms with Gasteiger partial charge in [0.05, 0.1) is 15.8 Å². The summed E-state index contributed by atoms with van der Waals surface area (Å²) in [7, 11) is 0. The predicted octanol–water partition coefficient (Wildman–Crippen LogP) is 6.18. The van der Waals surface area contributed by atoms with Crippen LogP contribution in [0.2, 0.25) is 5.02 Å². The van der Waals surface area contributed by atoms with Crippen molar-refractivity contribution in [2.24, 2.45) is 0 Å². The smallest absolute Gasteiger partial charge is 0.262 e. The van der Waals surface area contributed by atoms with Crippen molar-refractivity contribution < 1.29 is 9.59 Å². The number of carbonyl (C=O) groups excluding carboxylic acids is 2. The first-order valence-electron chi connectivity index (χ1n) is 12.5. The molecule has 3 N–H and O–H groups in total. The lowest BCUT2D eigenvalue weighted by Gasteiger charge is -2.27. The minimum atomic E-state index is -0.664. The molecule has 192 valence electrons. The van der Waals surface area contributed by atoms with Gasteiger partial charge in [-0.1, -0.05) is 48.4 Å². The van der Waals surface area contributed by atoms with Crippen LogP contribution in [0.25, 0.3) is 10.2 Å². The zero-order valence-corrected chi connectivity index (χ0v) is 22.5. The van der Waals surface area contributed by atoms with Crippen LogP contribution in [0, 0.1) is 0 Å². The normalized spacial score (nSPS) is 14.6. The van der Waals surface area contributed by atoms with E-state index in [0.717, 1.165) is 25.2 Å². The lowest BCUT2D eigenvalue weighted by molar-refractivity contribution is 0.0915. The van der Waals surface area contributed by atoms with E-state index in [1.54, 1.807) is 6.07 Å². The van der Waals surface area contributed by atoms with Crippen molar-refractivity contribution >= 4 is 50.8 Å². The summed E-state index contributed by atoms with van der Waals surface area (Å²) >= 11 is 7.64. The van der Waals surface area contributed by atoms with Crippen molar-refractivity contribution in [2.45, 2.75) is 45.2 Å². The van der Waals surface area contributed by atoms with Crippen LogP contribution in [0.3, 0.4) is 0 Å². The molecule has 0 bridgehead atoms. The largest absolute Gasteiger partial charge is 0.342 e. The highest BCUT2D eigenvalue weighted by Gasteiger charge is 2.27. The number of fused-ring (bicyclic) bond motifs is 1. The Balaban J connectivity index is 1.26. The first-order chi connectivity index (χ1) is 17.8. The summed E-state index contributed by atoms with van der Waals surface area (Å²) in [6.07, 6.45) is 3.82. The summed E-state index contributed by atoms with van der Waals surface area (Å²) in [5, 5.41) is 14.4. The van der Waals surface area contributed by atoms with Gasteiger partial charge in [-0.05, 0) is 75.2 Å². The van der Waals surface area contributed by atoms with Crippen LogP contribution >= 0.6 is 22.9 Å². The molecule has 2 aromatic carbocycles. The third-order valence-corrected chi connectivity index (χ3v) is 8.12. The average molecular weight is 536 g/mol. The second-order valence-corrected chi connectivity index (χ2v) is 11.4. The van der Waals surface area contributed by atoms with E-state index in [4.69, 9.17) is 11.6 Å². The van der Waals surface area contributed by atoms with E-state index < -0.39 is 5.54 Å². The molecule has 0 unspecified atom stereocenters. The van der Waals surface area contributed by atoms with Crippen molar-refractivity contribution in [2.75, 3.05) is 18.4 Å². The van der Waals surface area contributed by atoms with Crippen LogP contribution in [0.4, 0.5) is 5.82 Å². The Labute approximate surface area is 225 Å². The van der Waals surface area contributed by atoms with E-state index in [0.29, 0.717) is 31.5 Å². The van der Waals surface area contributed by atoms with Gasteiger partial charge < -0.3 is 10.6 Å². The molecular weight excluding hydrogens is 506 g/mol. The molecule has 37 heavy (non-hydrogen) atoms. The molecule has 1 fully saturated rings. The first-order valence-corrected chi connectivity index (χ1v) is 13.7. The number of H-pyrrole nitrogens is 1. The van der Waals surface area contributed by atoms with E-state index >= 15 is 0 Å². The first kappa shape index (κ1) is 25.4. The molecule has 0 spiro atoms. The Bertz CT molecular complexity index is 1420. The second-order valence-electron chi connectivity index (χ2n) is 9.97. The number of nitrogens with zero attached hydrogens (tertiary/aromatic N) is 2. The molecule has 3 heterocycles. The molecule has 9 heteroatoms. The number of likely N-dealkylation sites (tertiary alicyclic amines) is 1. The highest BCUT2D eigenvalue weighted by Crippen LogP contribution is 2.32. The number of amides is 2. The maximum atomic E-state index is 13.1. The quantitative estimate of drug-likeness (QED) is 0.263. The molecule has 1 aliphatic heterocycles. The minimum absolute atomic E-state index is 0.221. The Kier molecular flexibility index (Phi) is 7.33. The zero-order chi connectivity index (χ0) is 26.0. The lowest BCUT2D eigenvalue weighted by atomic mass is 9.94. The Morgan fingerprint density at radius 3 is 2.51 bits per heavy atom. The number of nitrogens with one attached hydrogen (secondary N) is 3. The van der Waals surface area contributed by atoms with Gasteiger partial charge in [0, 0.05) is 17.1 Å². The third kappa shape index (κ3) is 5.71. The summed E-state index contributed by atoms with van der Waals surface area (Å²) < 4.78 is 0.